The lowest BCUT2D eigenvalue weighted by atomic mass is 9.95. The van der Waals surface area contributed by atoms with Crippen LogP contribution < -0.4 is 0 Å². The van der Waals surface area contributed by atoms with Crippen LogP contribution in [0.3, 0.4) is 0 Å². The first-order chi connectivity index (χ1) is 18.5. The number of carboxylic acid groups (broad SMARTS) is 1. The molecule has 39 heavy (non-hydrogen) atoms. The third-order valence-electron chi connectivity index (χ3n) is 6.03. The van der Waals surface area contributed by atoms with Crippen molar-refractivity contribution in [2.24, 2.45) is 0 Å². The van der Waals surface area contributed by atoms with Crippen LogP contribution >= 0.6 is 0 Å². The molecule has 2 heterocycles. The van der Waals surface area contributed by atoms with Crippen LogP contribution in [0.5, 0.6) is 23.0 Å². The zero-order valence-corrected chi connectivity index (χ0v) is 20.0. The van der Waals surface area contributed by atoms with Gasteiger partial charge in [0, 0.05) is 12.2 Å². The van der Waals surface area contributed by atoms with Gasteiger partial charge in [0.2, 0.25) is 0 Å². The van der Waals surface area contributed by atoms with Gasteiger partial charge in [0.25, 0.3) is 5.79 Å². The molecule has 0 saturated carbocycles. The molecule has 6 N–H and O–H groups in total. The summed E-state index contributed by atoms with van der Waals surface area (Å²) in [5, 5.41) is 58.2. The second kappa shape index (κ2) is 11.0. The number of aliphatic hydroxyl groups excluding tert-OH is 1. The van der Waals surface area contributed by atoms with Crippen LogP contribution in [0.4, 0.5) is 0 Å². The van der Waals surface area contributed by atoms with Gasteiger partial charge in [-0.2, -0.15) is 0 Å². The number of carbonyl (C=O) groups excluding carboxylic acids is 2. The number of aromatic hydroxyl groups is 4. The molecule has 206 valence electrons. The molecule has 4 rings (SSSR count). The number of phenolic OH excluding ortho intramolecular Hbond substituents is 4. The predicted molar refractivity (Wildman–Crippen MR) is 129 cm³/mol. The molecule has 0 spiro atoms. The molecule has 0 aliphatic carbocycles. The summed E-state index contributed by atoms with van der Waals surface area (Å²) in [6.45, 7) is -0.494. The number of benzene rings is 2. The number of rotatable bonds is 8. The Bertz CT molecular complexity index is 1330. The van der Waals surface area contributed by atoms with E-state index in [0.29, 0.717) is 11.1 Å². The molecule has 0 unspecified atom stereocenters. The molecule has 13 nitrogen and oxygen atoms in total. The molecule has 2 aliphatic heterocycles. The summed E-state index contributed by atoms with van der Waals surface area (Å²) >= 11 is 0. The molecule has 5 atom stereocenters. The van der Waals surface area contributed by atoms with Gasteiger partial charge in [-0.3, -0.25) is 0 Å². The minimum absolute atomic E-state index is 0.331. The minimum Gasteiger partial charge on any atom is -0.504 e. The number of carboxylic acids is 1. The maximum Gasteiger partial charge on any atom is 0.364 e. The van der Waals surface area contributed by atoms with Gasteiger partial charge in [-0.15, -0.1) is 0 Å². The fourth-order valence-corrected chi connectivity index (χ4v) is 4.06. The Morgan fingerprint density at radius 3 is 1.97 bits per heavy atom. The van der Waals surface area contributed by atoms with Gasteiger partial charge in [0.05, 0.1) is 6.42 Å². The highest BCUT2D eigenvalue weighted by atomic mass is 16.8. The fraction of sp³-hybridized carbons (Fsp3) is 0.269. The van der Waals surface area contributed by atoms with Crippen molar-refractivity contribution in [3.8, 4) is 23.0 Å². The number of aliphatic carboxylic acids is 1. The topological polar surface area (TPSA) is 210 Å². The molecule has 2 fully saturated rings. The summed E-state index contributed by atoms with van der Waals surface area (Å²) in [6.07, 6.45) is -1.31. The fourth-order valence-electron chi connectivity index (χ4n) is 4.06. The number of carbonyl (C=O) groups is 3. The number of fused-ring (bicyclic) bond motifs is 2. The summed E-state index contributed by atoms with van der Waals surface area (Å²) < 4.78 is 21.3. The Hall–Kier alpha value is -4.59. The van der Waals surface area contributed by atoms with E-state index in [1.54, 1.807) is 0 Å². The molecular weight excluding hydrogens is 520 g/mol. The Labute approximate surface area is 220 Å². The summed E-state index contributed by atoms with van der Waals surface area (Å²) in [5.41, 5.74) is 0.748. The Morgan fingerprint density at radius 2 is 1.44 bits per heavy atom. The van der Waals surface area contributed by atoms with E-state index in [9.17, 15) is 45.0 Å². The lowest BCUT2D eigenvalue weighted by Gasteiger charge is -2.35. The standard InChI is InChI=1S/C26H24O13/c27-15-5-1-13(9-17(15)29)3-7-21(31)36-12-20-24-23(33)19(11-26(38-20,39-24)25(34)35)37-22(32)8-4-14-2-6-16(28)18(30)10-14/h1-10,19-20,23-24,27-30,33H,11-12H2,(H,34,35)/b7-3+,8-4+/t19-,20-,23-,24+,26-/m1/s1. The monoisotopic (exact) mass is 544 g/mol. The van der Waals surface area contributed by atoms with Gasteiger partial charge in [0.15, 0.2) is 23.0 Å². The zero-order chi connectivity index (χ0) is 28.3. The molecule has 0 radical (unpaired) electrons. The number of aliphatic hydroxyl groups is 1. The molecule has 2 aromatic rings. The number of phenols is 4. The predicted octanol–water partition coefficient (Wildman–Crippen LogP) is 1.02. The number of ether oxygens (including phenoxy) is 4. The van der Waals surface area contributed by atoms with Crippen LogP contribution in [0.25, 0.3) is 12.2 Å². The average Bonchev–Trinajstić information content (AvgIpc) is 3.22. The number of hydrogen-bond donors (Lipinski definition) is 6. The quantitative estimate of drug-likeness (QED) is 0.156. The van der Waals surface area contributed by atoms with Crippen LogP contribution in [-0.2, 0) is 33.3 Å². The minimum atomic E-state index is -2.25. The summed E-state index contributed by atoms with van der Waals surface area (Å²) in [4.78, 5) is 36.4. The van der Waals surface area contributed by atoms with E-state index in [4.69, 9.17) is 18.9 Å². The van der Waals surface area contributed by atoms with Crippen LogP contribution in [0.1, 0.15) is 17.5 Å². The van der Waals surface area contributed by atoms with Gasteiger partial charge >= 0.3 is 17.9 Å². The third-order valence-corrected chi connectivity index (χ3v) is 6.03. The Morgan fingerprint density at radius 1 is 0.872 bits per heavy atom. The van der Waals surface area contributed by atoms with Gasteiger partial charge in [-0.25, -0.2) is 14.4 Å². The van der Waals surface area contributed by atoms with Gasteiger partial charge in [-0.05, 0) is 47.5 Å². The molecule has 2 bridgehead atoms. The van der Waals surface area contributed by atoms with Crippen molar-refractivity contribution in [3.05, 3.63) is 59.7 Å². The molecule has 2 saturated heterocycles. The highest BCUT2D eigenvalue weighted by molar-refractivity contribution is 5.88. The second-order valence-corrected chi connectivity index (χ2v) is 8.76. The Kier molecular flexibility index (Phi) is 7.76. The smallest absolute Gasteiger partial charge is 0.364 e. The van der Waals surface area contributed by atoms with Crippen LogP contribution in [0, 0.1) is 0 Å². The summed E-state index contributed by atoms with van der Waals surface area (Å²) in [7, 11) is 0. The second-order valence-electron chi connectivity index (χ2n) is 8.76. The van der Waals surface area contributed by atoms with Crippen molar-refractivity contribution in [2.75, 3.05) is 6.61 Å². The van der Waals surface area contributed by atoms with E-state index >= 15 is 0 Å². The SMILES string of the molecule is O=C(/C=C/c1ccc(O)c(O)c1)OC[C@H]1O[C@]2(C(=O)O)C[C@@H](OC(=O)/C=C/c3ccc(O)c(O)c3)[C@@H](O)[C@H]1O2. The number of hydrogen-bond acceptors (Lipinski definition) is 12. The molecular formula is C26H24O13. The van der Waals surface area contributed by atoms with E-state index in [2.05, 4.69) is 0 Å². The van der Waals surface area contributed by atoms with E-state index in [1.165, 1.54) is 48.6 Å². The van der Waals surface area contributed by atoms with Crippen molar-refractivity contribution >= 4 is 30.1 Å². The first-order valence-corrected chi connectivity index (χ1v) is 11.5. The maximum atomic E-state index is 12.3. The lowest BCUT2D eigenvalue weighted by molar-refractivity contribution is -0.247. The van der Waals surface area contributed by atoms with Gasteiger partial charge in [0.1, 0.15) is 31.0 Å². The van der Waals surface area contributed by atoms with Crippen molar-refractivity contribution in [3.63, 3.8) is 0 Å². The summed E-state index contributed by atoms with van der Waals surface area (Å²) in [6, 6.07) is 7.72. The first kappa shape index (κ1) is 27.4. The molecule has 0 amide bonds. The zero-order valence-electron chi connectivity index (χ0n) is 20.0. The van der Waals surface area contributed by atoms with Crippen LogP contribution in [-0.4, -0.2) is 85.4 Å². The number of esters is 2. The molecule has 2 aliphatic rings. The lowest BCUT2D eigenvalue weighted by Crippen LogP contribution is -2.55. The first-order valence-electron chi connectivity index (χ1n) is 11.5. The maximum absolute atomic E-state index is 12.3. The van der Waals surface area contributed by atoms with Gasteiger partial charge in [-0.1, -0.05) is 12.1 Å². The van der Waals surface area contributed by atoms with Crippen molar-refractivity contribution in [1.82, 2.24) is 0 Å². The van der Waals surface area contributed by atoms with E-state index in [1.807, 2.05) is 0 Å². The average molecular weight is 544 g/mol. The molecule has 2 aromatic carbocycles. The van der Waals surface area contributed by atoms with Gasteiger partial charge < -0.3 is 49.6 Å². The molecule has 13 heteroatoms. The van der Waals surface area contributed by atoms with Crippen molar-refractivity contribution < 1.29 is 64.0 Å². The van der Waals surface area contributed by atoms with E-state index in [-0.39, 0.29) is 17.2 Å². The summed E-state index contributed by atoms with van der Waals surface area (Å²) in [5.74, 6) is -7.01. The Balaban J connectivity index is 1.38. The van der Waals surface area contributed by atoms with Crippen molar-refractivity contribution in [2.45, 2.75) is 36.6 Å². The highest BCUT2D eigenvalue weighted by Crippen LogP contribution is 2.42. The van der Waals surface area contributed by atoms with E-state index < -0.39 is 66.9 Å². The molecule has 0 aromatic heterocycles. The normalized spacial score (nSPS) is 26.1. The third kappa shape index (κ3) is 6.12. The largest absolute Gasteiger partial charge is 0.504 e. The van der Waals surface area contributed by atoms with E-state index in [0.717, 1.165) is 12.2 Å². The van der Waals surface area contributed by atoms with Crippen LogP contribution in [0.15, 0.2) is 48.6 Å². The highest BCUT2D eigenvalue weighted by Gasteiger charge is 2.63. The van der Waals surface area contributed by atoms with Crippen molar-refractivity contribution in [1.29, 1.82) is 0 Å². The van der Waals surface area contributed by atoms with Crippen LogP contribution in [0.2, 0.25) is 0 Å².